The van der Waals surface area contributed by atoms with Gasteiger partial charge in [-0.3, -0.25) is 0 Å². The minimum Gasteiger partial charge on any atom is -0.166 e. The first-order valence-electron chi connectivity index (χ1n) is 1.99. The van der Waals surface area contributed by atoms with Crippen LogP contribution in [0.1, 0.15) is 7.43 Å². The fourth-order valence-corrected chi connectivity index (χ4v) is 0.161. The van der Waals surface area contributed by atoms with Crippen LogP contribution in [0, 0.1) is 0 Å². The Morgan fingerprint density at radius 1 is 0.818 bits per heavy atom. The fraction of sp³-hybridized carbons (Fsp3) is 0.600. The molecule has 0 rings (SSSR count). The molecule has 0 bridgehead atoms. The summed E-state index contributed by atoms with van der Waals surface area (Å²) in [5.74, 6) is 0. The third-order valence-corrected chi connectivity index (χ3v) is 0.684. The largest absolute Gasteiger partial charge is 0.420 e. The molecule has 0 spiro atoms. The Hall–Kier alpha value is -0.680. The summed E-state index contributed by atoms with van der Waals surface area (Å²) in [4.78, 5) is 0. The van der Waals surface area contributed by atoms with Crippen molar-refractivity contribution in [2.24, 2.45) is 0 Å². The minimum absolute atomic E-state index is 0. The number of alkyl halides is 6. The van der Waals surface area contributed by atoms with Gasteiger partial charge in [0.25, 0.3) is 0 Å². The average Bonchev–Trinajstić information content (AvgIpc) is 1.59. The lowest BCUT2D eigenvalue weighted by molar-refractivity contribution is -0.171. The standard InChI is InChI=1S/C4H2F6.CH4/c1-2(3(5,6)7)4(8,9)10;/h1H2;1H4. The van der Waals surface area contributed by atoms with Crippen LogP contribution < -0.4 is 0 Å². The van der Waals surface area contributed by atoms with Gasteiger partial charge in [-0.05, 0) is 0 Å². The summed E-state index contributed by atoms with van der Waals surface area (Å²) in [5.41, 5.74) is -2.68. The van der Waals surface area contributed by atoms with E-state index >= 15 is 0 Å². The third-order valence-electron chi connectivity index (χ3n) is 0.684. The Bertz CT molecular complexity index is 122. The van der Waals surface area contributed by atoms with Crippen LogP contribution in [0.5, 0.6) is 0 Å². The van der Waals surface area contributed by atoms with Crippen molar-refractivity contribution in [2.45, 2.75) is 19.8 Å². The predicted molar refractivity (Wildman–Crippen MR) is 28.0 cm³/mol. The van der Waals surface area contributed by atoms with E-state index in [9.17, 15) is 26.3 Å². The fourth-order valence-electron chi connectivity index (χ4n) is 0.161. The Morgan fingerprint density at radius 3 is 1.00 bits per heavy atom. The highest BCUT2D eigenvalue weighted by Gasteiger charge is 2.49. The van der Waals surface area contributed by atoms with Crippen LogP contribution in [0.25, 0.3) is 0 Å². The second-order valence-electron chi connectivity index (χ2n) is 1.47. The molecule has 0 fully saturated rings. The van der Waals surface area contributed by atoms with Gasteiger partial charge in [-0.1, -0.05) is 14.0 Å². The molecular formula is C5H6F6. The van der Waals surface area contributed by atoms with Gasteiger partial charge < -0.3 is 0 Å². The van der Waals surface area contributed by atoms with E-state index in [4.69, 9.17) is 0 Å². The summed E-state index contributed by atoms with van der Waals surface area (Å²) in [6.07, 6.45) is -10.8. The molecule has 0 aromatic heterocycles. The highest BCUT2D eigenvalue weighted by atomic mass is 19.4. The molecule has 0 amide bonds. The smallest absolute Gasteiger partial charge is 0.166 e. The van der Waals surface area contributed by atoms with Gasteiger partial charge >= 0.3 is 12.4 Å². The molecule has 6 heteroatoms. The lowest BCUT2D eigenvalue weighted by Crippen LogP contribution is -2.24. The van der Waals surface area contributed by atoms with Crippen molar-refractivity contribution in [3.8, 4) is 0 Å². The summed E-state index contributed by atoms with van der Waals surface area (Å²) in [5, 5.41) is 0. The van der Waals surface area contributed by atoms with E-state index in [-0.39, 0.29) is 7.43 Å². The number of rotatable bonds is 0. The van der Waals surface area contributed by atoms with Crippen LogP contribution in [0.2, 0.25) is 0 Å². The van der Waals surface area contributed by atoms with Gasteiger partial charge in [-0.15, -0.1) is 0 Å². The highest BCUT2D eigenvalue weighted by molar-refractivity contribution is 5.09. The molecule has 68 valence electrons. The summed E-state index contributed by atoms with van der Waals surface area (Å²) < 4.78 is 66.8. The van der Waals surface area contributed by atoms with Crippen molar-refractivity contribution >= 4 is 0 Å². The van der Waals surface area contributed by atoms with Crippen LogP contribution >= 0.6 is 0 Å². The maximum atomic E-state index is 11.1. The molecule has 0 aliphatic rings. The molecule has 0 radical (unpaired) electrons. The molecule has 0 nitrogen and oxygen atoms in total. The molecule has 0 aliphatic heterocycles. The zero-order valence-electron chi connectivity index (χ0n) is 4.47. The topological polar surface area (TPSA) is 0 Å². The molecule has 0 aromatic rings. The zero-order chi connectivity index (χ0) is 8.58. The van der Waals surface area contributed by atoms with E-state index < -0.39 is 17.9 Å². The number of hydrogen-bond acceptors (Lipinski definition) is 0. The Labute approximate surface area is 59.5 Å². The summed E-state index contributed by atoms with van der Waals surface area (Å²) >= 11 is 0. The zero-order valence-corrected chi connectivity index (χ0v) is 4.47. The van der Waals surface area contributed by atoms with Crippen LogP contribution in [-0.4, -0.2) is 12.4 Å². The molecule has 0 aromatic carbocycles. The Balaban J connectivity index is 0. The van der Waals surface area contributed by atoms with Crippen LogP contribution in [0.4, 0.5) is 26.3 Å². The number of halogens is 6. The first-order valence-corrected chi connectivity index (χ1v) is 1.99. The lowest BCUT2D eigenvalue weighted by atomic mass is 10.3. The van der Waals surface area contributed by atoms with Crippen molar-refractivity contribution in [1.82, 2.24) is 0 Å². The highest BCUT2D eigenvalue weighted by Crippen LogP contribution is 2.36. The quantitative estimate of drug-likeness (QED) is 0.396. The van der Waals surface area contributed by atoms with Gasteiger partial charge in [0, 0.05) is 0 Å². The second kappa shape index (κ2) is 3.15. The molecule has 11 heavy (non-hydrogen) atoms. The van der Waals surface area contributed by atoms with Crippen molar-refractivity contribution in [2.75, 3.05) is 0 Å². The van der Waals surface area contributed by atoms with E-state index in [0.717, 1.165) is 0 Å². The summed E-state index contributed by atoms with van der Waals surface area (Å²) in [6.45, 7) is 1.85. The van der Waals surface area contributed by atoms with Gasteiger partial charge in [0.15, 0.2) is 0 Å². The van der Waals surface area contributed by atoms with Gasteiger partial charge in [0.05, 0.1) is 0 Å². The molecule has 0 atom stereocenters. The maximum Gasteiger partial charge on any atom is 0.420 e. The average molecular weight is 180 g/mol. The molecule has 0 saturated heterocycles. The van der Waals surface area contributed by atoms with Crippen molar-refractivity contribution in [3.63, 3.8) is 0 Å². The van der Waals surface area contributed by atoms with Crippen LogP contribution in [0.3, 0.4) is 0 Å². The summed E-state index contributed by atoms with van der Waals surface area (Å²) in [6, 6.07) is 0. The van der Waals surface area contributed by atoms with Gasteiger partial charge in [0.1, 0.15) is 5.57 Å². The Kier molecular flexibility index (Phi) is 3.70. The minimum atomic E-state index is -5.38. The Morgan fingerprint density at radius 2 is 1.00 bits per heavy atom. The van der Waals surface area contributed by atoms with E-state index in [1.165, 1.54) is 0 Å². The monoisotopic (exact) mass is 180 g/mol. The van der Waals surface area contributed by atoms with Crippen molar-refractivity contribution < 1.29 is 26.3 Å². The SMILES string of the molecule is C.C=C(C(F)(F)F)C(F)(F)F. The van der Waals surface area contributed by atoms with E-state index in [1.54, 1.807) is 0 Å². The second-order valence-corrected chi connectivity index (χ2v) is 1.47. The molecule has 0 N–H and O–H groups in total. The first kappa shape index (κ1) is 12.9. The molecular weight excluding hydrogens is 174 g/mol. The third kappa shape index (κ3) is 3.90. The van der Waals surface area contributed by atoms with Gasteiger partial charge in [0.2, 0.25) is 0 Å². The molecule has 0 unspecified atom stereocenters. The van der Waals surface area contributed by atoms with Crippen LogP contribution in [0.15, 0.2) is 12.2 Å². The van der Waals surface area contributed by atoms with Crippen LogP contribution in [-0.2, 0) is 0 Å². The number of allylic oxidation sites excluding steroid dienone is 1. The number of hydrogen-bond donors (Lipinski definition) is 0. The lowest BCUT2D eigenvalue weighted by Gasteiger charge is -2.12. The van der Waals surface area contributed by atoms with E-state index in [0.29, 0.717) is 0 Å². The van der Waals surface area contributed by atoms with Gasteiger partial charge in [-0.2, -0.15) is 26.3 Å². The normalized spacial score (nSPS) is 12.2. The van der Waals surface area contributed by atoms with E-state index in [2.05, 4.69) is 0 Å². The van der Waals surface area contributed by atoms with Crippen molar-refractivity contribution in [3.05, 3.63) is 12.2 Å². The van der Waals surface area contributed by atoms with Crippen molar-refractivity contribution in [1.29, 1.82) is 0 Å². The molecule has 0 aliphatic carbocycles. The molecule has 0 saturated carbocycles. The molecule has 0 heterocycles. The maximum absolute atomic E-state index is 11.1. The predicted octanol–water partition coefficient (Wildman–Crippen LogP) is 3.30. The van der Waals surface area contributed by atoms with Gasteiger partial charge in [-0.25, -0.2) is 0 Å². The van der Waals surface area contributed by atoms with E-state index in [1.807, 2.05) is 6.58 Å². The first-order chi connectivity index (χ1) is 4.15. The summed E-state index contributed by atoms with van der Waals surface area (Å²) in [7, 11) is 0.